The Morgan fingerprint density at radius 1 is 1.32 bits per heavy atom. The summed E-state index contributed by atoms with van der Waals surface area (Å²) >= 11 is 5.99. The van der Waals surface area contributed by atoms with Crippen LogP contribution in [0.4, 0.5) is 19.4 Å². The molecule has 0 aromatic carbocycles. The van der Waals surface area contributed by atoms with E-state index in [9.17, 15) is 9.18 Å². The molecule has 3 fully saturated rings. The normalized spacial score (nSPS) is 27.7. The van der Waals surface area contributed by atoms with Gasteiger partial charge in [-0.1, -0.05) is 11.6 Å². The smallest absolute Gasteiger partial charge is 0.410 e. The zero-order valence-electron chi connectivity index (χ0n) is 22.5. The molecule has 3 aliphatic heterocycles. The van der Waals surface area contributed by atoms with Gasteiger partial charge >= 0.3 is 12.1 Å². The van der Waals surface area contributed by atoms with Gasteiger partial charge in [0.15, 0.2) is 11.0 Å². The molecule has 12 heteroatoms. The predicted molar refractivity (Wildman–Crippen MR) is 140 cm³/mol. The summed E-state index contributed by atoms with van der Waals surface area (Å²) in [5.74, 6) is -0.335. The number of ether oxygens (including phenoxy) is 2. The van der Waals surface area contributed by atoms with Crippen LogP contribution in [0, 0.1) is 5.82 Å². The summed E-state index contributed by atoms with van der Waals surface area (Å²) in [5.41, 5.74) is -0.998. The van der Waals surface area contributed by atoms with Crippen LogP contribution in [0.2, 0.25) is 5.15 Å². The minimum absolute atomic E-state index is 0.00121. The van der Waals surface area contributed by atoms with Gasteiger partial charge in [0, 0.05) is 32.8 Å². The molecule has 0 radical (unpaired) electrons. The van der Waals surface area contributed by atoms with Gasteiger partial charge in [-0.2, -0.15) is 9.97 Å². The predicted octanol–water partition coefficient (Wildman–Crippen LogP) is 4.61. The number of fused-ring (bicyclic) bond motifs is 2. The molecule has 4 atom stereocenters. The zero-order valence-corrected chi connectivity index (χ0v) is 23.3. The first-order valence-electron chi connectivity index (χ1n) is 13.1. The Kier molecular flexibility index (Phi) is 7.04. The number of alkyl halides is 1. The Morgan fingerprint density at radius 3 is 2.82 bits per heavy atom. The average molecular weight is 553 g/mol. The van der Waals surface area contributed by atoms with Crippen LogP contribution in [0.1, 0.15) is 53.4 Å². The van der Waals surface area contributed by atoms with Crippen LogP contribution in [-0.2, 0) is 4.74 Å². The highest BCUT2D eigenvalue weighted by atomic mass is 35.5. The minimum Gasteiger partial charge on any atom is -0.461 e. The third-order valence-corrected chi connectivity index (χ3v) is 8.27. The Labute approximate surface area is 226 Å². The fourth-order valence-electron chi connectivity index (χ4n) is 6.16. The molecule has 3 saturated heterocycles. The van der Waals surface area contributed by atoms with E-state index in [0.29, 0.717) is 37.1 Å². The van der Waals surface area contributed by atoms with Crippen LogP contribution in [0.15, 0.2) is 6.20 Å². The van der Waals surface area contributed by atoms with E-state index in [1.165, 1.54) is 6.20 Å². The van der Waals surface area contributed by atoms with Crippen molar-refractivity contribution in [3.05, 3.63) is 17.2 Å². The van der Waals surface area contributed by atoms with Crippen LogP contribution < -0.4 is 9.64 Å². The molecule has 1 amide bonds. The summed E-state index contributed by atoms with van der Waals surface area (Å²) in [6.45, 7) is 9.42. The second kappa shape index (κ2) is 9.89. The standard InChI is InChI=1S/C26H35ClF2N6O3/c1-15-18(7-10-35(15)24(36)38-25(2,3)4)33(5)22-17-12-30-21(27)19(29)20(17)31-23(32-22)37-14-26-8-6-9-34(26)13-16(28)11-26/h12,15-16,18H,6-11,13-14H2,1-5H3/t15?,16-,18?,26+/m1/s1. The van der Waals surface area contributed by atoms with E-state index in [4.69, 9.17) is 21.1 Å². The van der Waals surface area contributed by atoms with Gasteiger partial charge in [0.2, 0.25) is 0 Å². The van der Waals surface area contributed by atoms with Crippen molar-refractivity contribution in [3.63, 3.8) is 0 Å². The molecule has 5 heterocycles. The van der Waals surface area contributed by atoms with Crippen LogP contribution in [-0.4, -0.2) is 93.5 Å². The molecule has 0 saturated carbocycles. The molecule has 38 heavy (non-hydrogen) atoms. The van der Waals surface area contributed by atoms with Gasteiger partial charge < -0.3 is 19.3 Å². The fraction of sp³-hybridized carbons (Fsp3) is 0.692. The van der Waals surface area contributed by atoms with Crippen molar-refractivity contribution in [2.75, 3.05) is 38.2 Å². The first kappa shape index (κ1) is 27.1. The minimum atomic E-state index is -0.891. The maximum Gasteiger partial charge on any atom is 0.410 e. The van der Waals surface area contributed by atoms with E-state index in [2.05, 4.69) is 19.9 Å². The van der Waals surface area contributed by atoms with Gasteiger partial charge in [-0.15, -0.1) is 0 Å². The molecule has 2 aromatic rings. The number of likely N-dealkylation sites (tertiary alicyclic amines) is 1. The monoisotopic (exact) mass is 552 g/mol. The molecule has 2 unspecified atom stereocenters. The van der Waals surface area contributed by atoms with E-state index in [-0.39, 0.29) is 41.5 Å². The highest BCUT2D eigenvalue weighted by molar-refractivity contribution is 6.30. The summed E-state index contributed by atoms with van der Waals surface area (Å²) in [6.07, 6.45) is 3.06. The van der Waals surface area contributed by atoms with Crippen LogP contribution in [0.25, 0.3) is 10.9 Å². The number of likely N-dealkylation sites (N-methyl/N-ethyl adjacent to an activating group) is 1. The van der Waals surface area contributed by atoms with Gasteiger partial charge in [0.25, 0.3) is 0 Å². The molecule has 0 bridgehead atoms. The van der Waals surface area contributed by atoms with E-state index in [0.717, 1.165) is 19.4 Å². The van der Waals surface area contributed by atoms with Crippen LogP contribution >= 0.6 is 11.6 Å². The number of nitrogens with zero attached hydrogens (tertiary/aromatic N) is 6. The quantitative estimate of drug-likeness (QED) is 0.497. The molecule has 0 N–H and O–H groups in total. The van der Waals surface area contributed by atoms with Crippen molar-refractivity contribution in [3.8, 4) is 6.01 Å². The SMILES string of the molecule is CC1C(N(C)c2nc(OC[C@@]34CCCN3C[C@H](F)C4)nc3c(F)c(Cl)ncc23)CCN1C(=O)OC(C)(C)C. The first-order chi connectivity index (χ1) is 17.9. The third kappa shape index (κ3) is 4.95. The number of pyridine rings is 1. The lowest BCUT2D eigenvalue weighted by Crippen LogP contribution is -2.45. The zero-order chi connectivity index (χ0) is 27.4. The summed E-state index contributed by atoms with van der Waals surface area (Å²) in [7, 11) is 1.85. The van der Waals surface area contributed by atoms with Crippen molar-refractivity contribution in [1.82, 2.24) is 24.8 Å². The lowest BCUT2D eigenvalue weighted by Gasteiger charge is -2.33. The molecular weight excluding hydrogens is 518 g/mol. The number of rotatable bonds is 5. The molecule has 9 nitrogen and oxygen atoms in total. The number of hydrogen-bond donors (Lipinski definition) is 0. The summed E-state index contributed by atoms with van der Waals surface area (Å²) in [5, 5.41) is 0.0905. The van der Waals surface area contributed by atoms with Gasteiger partial charge in [-0.05, 0) is 53.5 Å². The first-order valence-corrected chi connectivity index (χ1v) is 13.5. The van der Waals surface area contributed by atoms with E-state index in [1.54, 1.807) is 4.90 Å². The Morgan fingerprint density at radius 2 is 2.08 bits per heavy atom. The topological polar surface area (TPSA) is 83.9 Å². The van der Waals surface area contributed by atoms with E-state index < -0.39 is 23.1 Å². The fourth-order valence-corrected chi connectivity index (χ4v) is 6.30. The molecule has 0 aliphatic carbocycles. The van der Waals surface area contributed by atoms with E-state index >= 15 is 4.39 Å². The highest BCUT2D eigenvalue weighted by Gasteiger charge is 2.49. The van der Waals surface area contributed by atoms with E-state index in [1.807, 2.05) is 39.6 Å². The number of halogens is 3. The van der Waals surface area contributed by atoms with Gasteiger partial charge in [-0.25, -0.2) is 18.6 Å². The maximum absolute atomic E-state index is 15.1. The van der Waals surface area contributed by atoms with Crippen molar-refractivity contribution in [2.45, 2.75) is 82.8 Å². The van der Waals surface area contributed by atoms with Crippen LogP contribution in [0.5, 0.6) is 6.01 Å². The largest absolute Gasteiger partial charge is 0.461 e. The Hall–Kier alpha value is -2.53. The van der Waals surface area contributed by atoms with Crippen molar-refractivity contribution in [2.24, 2.45) is 0 Å². The van der Waals surface area contributed by atoms with Crippen molar-refractivity contribution in [1.29, 1.82) is 0 Å². The van der Waals surface area contributed by atoms with Gasteiger partial charge in [0.05, 0.1) is 23.0 Å². The molecule has 208 valence electrons. The van der Waals surface area contributed by atoms with Gasteiger partial charge in [0.1, 0.15) is 29.7 Å². The van der Waals surface area contributed by atoms with Crippen molar-refractivity contribution >= 4 is 34.4 Å². The molecule has 0 spiro atoms. The third-order valence-electron chi connectivity index (χ3n) is 8.01. The summed E-state index contributed by atoms with van der Waals surface area (Å²) in [4.78, 5) is 31.5. The highest BCUT2D eigenvalue weighted by Crippen LogP contribution is 2.41. The number of aromatic nitrogens is 3. The number of carbonyl (C=O) groups excluding carboxylic acids is 1. The van der Waals surface area contributed by atoms with Gasteiger partial charge in [-0.3, -0.25) is 4.90 Å². The second-order valence-electron chi connectivity index (χ2n) is 11.7. The number of hydrogen-bond acceptors (Lipinski definition) is 8. The molecule has 2 aromatic heterocycles. The Balaban J connectivity index is 1.44. The average Bonchev–Trinajstić information content (AvgIpc) is 3.50. The summed E-state index contributed by atoms with van der Waals surface area (Å²) in [6, 6.07) is -0.322. The molecule has 5 rings (SSSR count). The molecule has 3 aliphatic rings. The summed E-state index contributed by atoms with van der Waals surface area (Å²) < 4.78 is 41.0. The number of amides is 1. The second-order valence-corrected chi connectivity index (χ2v) is 12.1. The Bertz CT molecular complexity index is 1230. The maximum atomic E-state index is 15.1. The van der Waals surface area contributed by atoms with Crippen molar-refractivity contribution < 1.29 is 23.0 Å². The van der Waals surface area contributed by atoms with Crippen LogP contribution in [0.3, 0.4) is 0 Å². The lowest BCUT2D eigenvalue weighted by molar-refractivity contribution is 0.0233. The lowest BCUT2D eigenvalue weighted by atomic mass is 9.95. The number of carbonyl (C=O) groups is 1. The number of anilines is 1. The molecular formula is C26H35ClF2N6O3.